The van der Waals surface area contributed by atoms with Crippen molar-refractivity contribution >= 4 is 35.1 Å². The highest BCUT2D eigenvalue weighted by Crippen LogP contribution is 2.23. The van der Waals surface area contributed by atoms with E-state index in [1.54, 1.807) is 0 Å². The number of hydrogen-bond acceptors (Lipinski definition) is 4. The van der Waals surface area contributed by atoms with E-state index in [-0.39, 0.29) is 21.8 Å². The molecular formula is C13H12ClNO5. The zero-order valence-corrected chi connectivity index (χ0v) is 11.5. The number of halogens is 1. The number of benzene rings is 1. The van der Waals surface area contributed by atoms with Crippen LogP contribution >= 0.6 is 11.6 Å². The van der Waals surface area contributed by atoms with Crippen molar-refractivity contribution in [3.8, 4) is 0 Å². The van der Waals surface area contributed by atoms with Crippen LogP contribution < -0.4 is 5.32 Å². The van der Waals surface area contributed by atoms with Crippen molar-refractivity contribution in [3.05, 3.63) is 40.4 Å². The topological polar surface area (TPSA) is 92.7 Å². The molecule has 20 heavy (non-hydrogen) atoms. The predicted molar refractivity (Wildman–Crippen MR) is 72.8 cm³/mol. The molecule has 0 aliphatic rings. The number of amides is 1. The van der Waals surface area contributed by atoms with E-state index in [4.69, 9.17) is 16.7 Å². The van der Waals surface area contributed by atoms with Gasteiger partial charge < -0.3 is 15.2 Å². The largest absolute Gasteiger partial charge is 0.478 e. The number of carboxylic acids is 1. The highest BCUT2D eigenvalue weighted by Gasteiger charge is 2.11. The monoisotopic (exact) mass is 297 g/mol. The fourth-order valence-corrected chi connectivity index (χ4v) is 1.46. The van der Waals surface area contributed by atoms with E-state index in [0.717, 1.165) is 6.08 Å². The standard InChI is InChI=1S/C13H12ClNO5/c1-7(12(17)18)5-11(16)15-10-6-8(13(19)20-2)3-4-9(10)14/h3-6H,1-2H3,(H,15,16)(H,17,18)/b7-5+. The number of anilines is 1. The molecule has 0 aliphatic heterocycles. The average Bonchev–Trinajstić information content (AvgIpc) is 2.40. The van der Waals surface area contributed by atoms with Crippen LogP contribution in [0.4, 0.5) is 5.69 Å². The summed E-state index contributed by atoms with van der Waals surface area (Å²) in [6.07, 6.45) is 0.920. The fraction of sp³-hybridized carbons (Fsp3) is 0.154. The van der Waals surface area contributed by atoms with Gasteiger partial charge in [0.05, 0.1) is 23.4 Å². The number of ether oxygens (including phenoxy) is 1. The summed E-state index contributed by atoms with van der Waals surface area (Å²) in [7, 11) is 1.23. The zero-order valence-electron chi connectivity index (χ0n) is 10.8. The molecule has 0 fully saturated rings. The molecule has 6 nitrogen and oxygen atoms in total. The lowest BCUT2D eigenvalue weighted by molar-refractivity contribution is -0.132. The van der Waals surface area contributed by atoms with Crippen LogP contribution in [0, 0.1) is 0 Å². The van der Waals surface area contributed by atoms with Crippen molar-refractivity contribution in [2.75, 3.05) is 12.4 Å². The molecule has 0 saturated heterocycles. The quantitative estimate of drug-likeness (QED) is 0.656. The molecule has 0 bridgehead atoms. The summed E-state index contributed by atoms with van der Waals surface area (Å²) in [5.74, 6) is -2.43. The van der Waals surface area contributed by atoms with E-state index in [1.165, 1.54) is 32.2 Å². The SMILES string of the molecule is COC(=O)c1ccc(Cl)c(NC(=O)/C=C(\C)C(=O)O)c1. The lowest BCUT2D eigenvalue weighted by Gasteiger charge is -2.07. The van der Waals surface area contributed by atoms with Gasteiger partial charge in [0.15, 0.2) is 0 Å². The minimum Gasteiger partial charge on any atom is -0.478 e. The molecule has 0 unspecified atom stereocenters. The maximum absolute atomic E-state index is 11.6. The van der Waals surface area contributed by atoms with Crippen LogP contribution in [0.25, 0.3) is 0 Å². The highest BCUT2D eigenvalue weighted by molar-refractivity contribution is 6.34. The van der Waals surface area contributed by atoms with Gasteiger partial charge in [0.1, 0.15) is 0 Å². The van der Waals surface area contributed by atoms with Gasteiger partial charge in [0.2, 0.25) is 5.91 Å². The molecule has 0 saturated carbocycles. The molecule has 1 amide bonds. The lowest BCUT2D eigenvalue weighted by atomic mass is 10.2. The first-order chi connectivity index (χ1) is 9.35. The van der Waals surface area contributed by atoms with E-state index >= 15 is 0 Å². The molecule has 0 aliphatic carbocycles. The Bertz CT molecular complexity index is 594. The molecule has 0 radical (unpaired) electrons. The second-order valence-electron chi connectivity index (χ2n) is 3.81. The summed E-state index contributed by atoms with van der Waals surface area (Å²) in [4.78, 5) is 33.6. The Morgan fingerprint density at radius 2 is 2.00 bits per heavy atom. The van der Waals surface area contributed by atoms with Gasteiger partial charge in [-0.15, -0.1) is 0 Å². The molecule has 7 heteroatoms. The van der Waals surface area contributed by atoms with Crippen LogP contribution in [0.5, 0.6) is 0 Å². The number of aliphatic carboxylic acids is 1. The van der Waals surface area contributed by atoms with Gasteiger partial charge in [-0.2, -0.15) is 0 Å². The first-order valence-corrected chi connectivity index (χ1v) is 5.83. The number of nitrogens with one attached hydrogen (secondary N) is 1. The number of rotatable bonds is 4. The van der Waals surface area contributed by atoms with Gasteiger partial charge in [-0.05, 0) is 25.1 Å². The molecule has 1 aromatic carbocycles. The second kappa shape index (κ2) is 6.72. The van der Waals surface area contributed by atoms with Crippen molar-refractivity contribution in [1.82, 2.24) is 0 Å². The molecule has 0 spiro atoms. The van der Waals surface area contributed by atoms with E-state index in [9.17, 15) is 14.4 Å². The number of hydrogen-bond donors (Lipinski definition) is 2. The molecule has 1 rings (SSSR count). The van der Waals surface area contributed by atoms with E-state index in [0.29, 0.717) is 0 Å². The molecule has 1 aromatic rings. The molecule has 0 heterocycles. The normalized spacial score (nSPS) is 10.8. The number of methoxy groups -OCH3 is 1. The summed E-state index contributed by atoms with van der Waals surface area (Å²) in [5.41, 5.74) is 0.280. The number of esters is 1. The molecule has 106 valence electrons. The Labute approximate surface area is 120 Å². The van der Waals surface area contributed by atoms with E-state index in [2.05, 4.69) is 10.1 Å². The molecular weight excluding hydrogens is 286 g/mol. The second-order valence-corrected chi connectivity index (χ2v) is 4.22. The Balaban J connectivity index is 2.97. The van der Waals surface area contributed by atoms with Crippen molar-refractivity contribution in [3.63, 3.8) is 0 Å². The number of carbonyl (C=O) groups is 3. The Hall–Kier alpha value is -2.34. The molecule has 0 aromatic heterocycles. The average molecular weight is 298 g/mol. The fourth-order valence-electron chi connectivity index (χ4n) is 1.29. The number of carboxylic acid groups (broad SMARTS) is 1. The van der Waals surface area contributed by atoms with Crippen LogP contribution in [-0.4, -0.2) is 30.1 Å². The van der Waals surface area contributed by atoms with Gasteiger partial charge in [-0.1, -0.05) is 11.6 Å². The van der Waals surface area contributed by atoms with Crippen LogP contribution in [0.15, 0.2) is 29.8 Å². The Kier molecular flexibility index (Phi) is 5.28. The first-order valence-electron chi connectivity index (χ1n) is 5.45. The van der Waals surface area contributed by atoms with Gasteiger partial charge in [0, 0.05) is 11.6 Å². The van der Waals surface area contributed by atoms with Gasteiger partial charge >= 0.3 is 11.9 Å². The third-order valence-electron chi connectivity index (χ3n) is 2.33. The Morgan fingerprint density at radius 1 is 1.35 bits per heavy atom. The number of carbonyl (C=O) groups excluding carboxylic acids is 2. The minimum absolute atomic E-state index is 0.122. The van der Waals surface area contributed by atoms with Crippen molar-refractivity contribution < 1.29 is 24.2 Å². The third kappa shape index (κ3) is 4.10. The third-order valence-corrected chi connectivity index (χ3v) is 2.66. The van der Waals surface area contributed by atoms with Crippen LogP contribution in [-0.2, 0) is 14.3 Å². The van der Waals surface area contributed by atoms with Crippen molar-refractivity contribution in [2.45, 2.75) is 6.92 Å². The maximum Gasteiger partial charge on any atom is 0.337 e. The van der Waals surface area contributed by atoms with E-state index in [1.807, 2.05) is 0 Å². The highest BCUT2D eigenvalue weighted by atomic mass is 35.5. The summed E-state index contributed by atoms with van der Waals surface area (Å²) in [6, 6.07) is 4.22. The van der Waals surface area contributed by atoms with Crippen LogP contribution in [0.1, 0.15) is 17.3 Å². The minimum atomic E-state index is -1.20. The zero-order chi connectivity index (χ0) is 15.3. The summed E-state index contributed by atoms with van der Waals surface area (Å²) >= 11 is 5.88. The Morgan fingerprint density at radius 3 is 2.55 bits per heavy atom. The first kappa shape index (κ1) is 15.7. The summed E-state index contributed by atoms with van der Waals surface area (Å²) in [6.45, 7) is 1.29. The van der Waals surface area contributed by atoms with E-state index < -0.39 is 17.8 Å². The van der Waals surface area contributed by atoms with Crippen LogP contribution in [0.3, 0.4) is 0 Å². The smallest absolute Gasteiger partial charge is 0.337 e. The van der Waals surface area contributed by atoms with Crippen molar-refractivity contribution in [1.29, 1.82) is 0 Å². The van der Waals surface area contributed by atoms with Gasteiger partial charge in [-0.25, -0.2) is 9.59 Å². The van der Waals surface area contributed by atoms with Crippen LogP contribution in [0.2, 0.25) is 5.02 Å². The van der Waals surface area contributed by atoms with Crippen molar-refractivity contribution in [2.24, 2.45) is 0 Å². The summed E-state index contributed by atoms with van der Waals surface area (Å²) < 4.78 is 4.55. The maximum atomic E-state index is 11.6. The lowest BCUT2D eigenvalue weighted by Crippen LogP contribution is -2.12. The molecule has 2 N–H and O–H groups in total. The van der Waals surface area contributed by atoms with Gasteiger partial charge in [-0.3, -0.25) is 4.79 Å². The van der Waals surface area contributed by atoms with Gasteiger partial charge in [0.25, 0.3) is 0 Å². The summed E-state index contributed by atoms with van der Waals surface area (Å²) in [5, 5.41) is 11.3. The molecule has 0 atom stereocenters. The predicted octanol–water partition coefficient (Wildman–Crippen LogP) is 2.10.